The summed E-state index contributed by atoms with van der Waals surface area (Å²) in [5, 5.41) is 9.03. The number of hydrogen-bond acceptors (Lipinski definition) is 3. The van der Waals surface area contributed by atoms with Crippen LogP contribution in [0, 0.1) is 5.82 Å². The minimum Gasteiger partial charge on any atom is -0.278 e. The first-order valence-electron chi connectivity index (χ1n) is 5.07. The van der Waals surface area contributed by atoms with E-state index in [-0.39, 0.29) is 11.0 Å². The summed E-state index contributed by atoms with van der Waals surface area (Å²) in [6.45, 7) is 0. The van der Waals surface area contributed by atoms with Gasteiger partial charge >= 0.3 is 0 Å². The van der Waals surface area contributed by atoms with Crippen molar-refractivity contribution in [1.29, 1.82) is 0 Å². The van der Waals surface area contributed by atoms with E-state index in [1.807, 2.05) is 0 Å². The zero-order valence-corrected chi connectivity index (χ0v) is 10.9. The van der Waals surface area contributed by atoms with E-state index < -0.39 is 0 Å². The molecule has 0 N–H and O–H groups in total. The summed E-state index contributed by atoms with van der Waals surface area (Å²) in [7, 11) is 2.48. The van der Waals surface area contributed by atoms with Gasteiger partial charge in [-0.1, -0.05) is 11.6 Å². The van der Waals surface area contributed by atoms with E-state index in [1.165, 1.54) is 12.1 Å². The second kappa shape index (κ2) is 4.26. The lowest BCUT2D eigenvalue weighted by Crippen LogP contribution is -2.01. The van der Waals surface area contributed by atoms with Crippen LogP contribution in [0.15, 0.2) is 30.6 Å². The summed E-state index contributed by atoms with van der Waals surface area (Å²) in [6, 6.07) is 4.46. The predicted molar refractivity (Wildman–Crippen MR) is 70.5 cm³/mol. The molecule has 1 aromatic carbocycles. The van der Waals surface area contributed by atoms with E-state index >= 15 is 0 Å². The van der Waals surface area contributed by atoms with Crippen molar-refractivity contribution in [2.45, 2.75) is 0 Å². The van der Waals surface area contributed by atoms with E-state index in [0.717, 1.165) is 5.56 Å². The molecule has 0 bridgehead atoms. The molecule has 0 radical (unpaired) electrons. The first kappa shape index (κ1) is 11.5. The van der Waals surface area contributed by atoms with Crippen molar-refractivity contribution < 1.29 is 4.39 Å². The molecule has 0 aliphatic rings. The van der Waals surface area contributed by atoms with Gasteiger partial charge in [-0.3, -0.25) is 4.40 Å². The van der Waals surface area contributed by atoms with Gasteiger partial charge in [0.1, 0.15) is 5.82 Å². The molecule has 90 valence electrons. The van der Waals surface area contributed by atoms with E-state index in [4.69, 9.17) is 11.6 Å². The van der Waals surface area contributed by atoms with Crippen molar-refractivity contribution in [3.63, 3.8) is 0 Å². The molecule has 2 aromatic heterocycles. The van der Waals surface area contributed by atoms with Gasteiger partial charge in [0.15, 0.2) is 16.6 Å². The van der Waals surface area contributed by atoms with Crippen molar-refractivity contribution in [1.82, 2.24) is 19.6 Å². The van der Waals surface area contributed by atoms with Crippen LogP contribution in [-0.2, 0) is 0 Å². The minimum absolute atomic E-state index is 0.281. The van der Waals surface area contributed by atoms with E-state index in [0.29, 0.717) is 16.8 Å². The van der Waals surface area contributed by atoms with E-state index in [1.54, 1.807) is 22.9 Å². The fraction of sp³-hybridized carbons (Fsp3) is 0. The van der Waals surface area contributed by atoms with Gasteiger partial charge in [-0.2, -0.15) is 0 Å². The van der Waals surface area contributed by atoms with Crippen molar-refractivity contribution in [3.8, 4) is 11.4 Å². The standard InChI is InChI=1S/C11H7ClFN4P/c12-9-11-16-15-10(17(11)4-3-14-9)7-2-1-6(13)5-8(7)18/h1-5H,18H2. The third-order valence-corrected chi connectivity index (χ3v) is 3.28. The summed E-state index contributed by atoms with van der Waals surface area (Å²) in [4.78, 5) is 3.93. The lowest BCUT2D eigenvalue weighted by atomic mass is 10.2. The van der Waals surface area contributed by atoms with Crippen LogP contribution in [-0.4, -0.2) is 19.6 Å². The molecule has 1 atom stereocenters. The fourth-order valence-electron chi connectivity index (χ4n) is 1.72. The summed E-state index contributed by atoms with van der Waals surface area (Å²) in [5.74, 6) is 0.302. The van der Waals surface area contributed by atoms with Crippen molar-refractivity contribution in [2.75, 3.05) is 0 Å². The van der Waals surface area contributed by atoms with Gasteiger partial charge in [-0.05, 0) is 23.5 Å². The molecule has 3 rings (SSSR count). The van der Waals surface area contributed by atoms with Crippen molar-refractivity contribution >= 4 is 31.8 Å². The number of rotatable bonds is 1. The molecular formula is C11H7ClFN4P. The quantitative estimate of drug-likeness (QED) is 0.641. The van der Waals surface area contributed by atoms with E-state index in [2.05, 4.69) is 24.4 Å². The SMILES string of the molecule is Fc1ccc(-c2nnc3c(Cl)nccn23)c(P)c1. The first-order valence-corrected chi connectivity index (χ1v) is 6.03. The highest BCUT2D eigenvalue weighted by molar-refractivity contribution is 7.27. The second-order valence-electron chi connectivity index (χ2n) is 3.67. The smallest absolute Gasteiger partial charge is 0.198 e. The van der Waals surface area contributed by atoms with Crippen LogP contribution in [0.2, 0.25) is 5.15 Å². The zero-order chi connectivity index (χ0) is 12.7. The summed E-state index contributed by atoms with van der Waals surface area (Å²) < 4.78 is 14.8. The Balaban J connectivity index is 2.29. The normalized spacial score (nSPS) is 11.1. The maximum atomic E-state index is 13.1. The molecule has 7 heteroatoms. The van der Waals surface area contributed by atoms with Gasteiger partial charge in [0.05, 0.1) is 0 Å². The van der Waals surface area contributed by atoms with Crippen LogP contribution in [0.3, 0.4) is 0 Å². The highest BCUT2D eigenvalue weighted by atomic mass is 35.5. The van der Waals surface area contributed by atoms with Crippen molar-refractivity contribution in [2.24, 2.45) is 0 Å². The van der Waals surface area contributed by atoms with Gasteiger partial charge in [-0.25, -0.2) is 9.37 Å². The Kier molecular flexibility index (Phi) is 2.73. The average molecular weight is 281 g/mol. The zero-order valence-electron chi connectivity index (χ0n) is 9.01. The Labute approximate surface area is 109 Å². The Bertz CT molecular complexity index is 743. The average Bonchev–Trinajstić information content (AvgIpc) is 2.74. The summed E-state index contributed by atoms with van der Waals surface area (Å²) in [6.07, 6.45) is 3.28. The molecule has 3 aromatic rings. The first-order chi connectivity index (χ1) is 8.66. The molecule has 0 saturated carbocycles. The summed E-state index contributed by atoms with van der Waals surface area (Å²) >= 11 is 5.92. The second-order valence-corrected chi connectivity index (χ2v) is 4.65. The molecular weight excluding hydrogens is 274 g/mol. The highest BCUT2D eigenvalue weighted by Gasteiger charge is 2.13. The van der Waals surface area contributed by atoms with Crippen molar-refractivity contribution in [3.05, 3.63) is 41.6 Å². The van der Waals surface area contributed by atoms with Gasteiger partial charge in [0, 0.05) is 18.0 Å². The maximum absolute atomic E-state index is 13.1. The van der Waals surface area contributed by atoms with Crippen LogP contribution in [0.5, 0.6) is 0 Å². The van der Waals surface area contributed by atoms with Gasteiger partial charge in [0.25, 0.3) is 0 Å². The Hall–Kier alpha value is -1.58. The molecule has 0 aliphatic carbocycles. The largest absolute Gasteiger partial charge is 0.278 e. The number of aromatic nitrogens is 4. The third kappa shape index (κ3) is 1.76. The lowest BCUT2D eigenvalue weighted by Gasteiger charge is -2.03. The highest BCUT2D eigenvalue weighted by Crippen LogP contribution is 2.21. The van der Waals surface area contributed by atoms with Crippen LogP contribution in [0.4, 0.5) is 4.39 Å². The molecule has 0 amide bonds. The molecule has 0 aliphatic heterocycles. The molecule has 0 spiro atoms. The number of benzene rings is 1. The molecule has 0 fully saturated rings. The Morgan fingerprint density at radius 2 is 2.11 bits per heavy atom. The number of nitrogens with zero attached hydrogens (tertiary/aromatic N) is 4. The van der Waals surface area contributed by atoms with Gasteiger partial charge in [-0.15, -0.1) is 19.4 Å². The monoisotopic (exact) mass is 280 g/mol. The molecule has 0 saturated heterocycles. The van der Waals surface area contributed by atoms with Gasteiger partial charge in [0.2, 0.25) is 0 Å². The van der Waals surface area contributed by atoms with E-state index in [9.17, 15) is 4.39 Å². The summed E-state index contributed by atoms with van der Waals surface area (Å²) in [5.41, 5.74) is 1.25. The molecule has 2 heterocycles. The van der Waals surface area contributed by atoms with Gasteiger partial charge < -0.3 is 0 Å². The Morgan fingerprint density at radius 3 is 2.89 bits per heavy atom. The van der Waals surface area contributed by atoms with Crippen LogP contribution >= 0.6 is 20.8 Å². The Morgan fingerprint density at radius 1 is 1.28 bits per heavy atom. The lowest BCUT2D eigenvalue weighted by molar-refractivity contribution is 0.629. The predicted octanol–water partition coefficient (Wildman–Crippen LogP) is 2.08. The third-order valence-electron chi connectivity index (χ3n) is 2.54. The maximum Gasteiger partial charge on any atom is 0.198 e. The number of hydrogen-bond donors (Lipinski definition) is 0. The van der Waals surface area contributed by atoms with Crippen LogP contribution in [0.25, 0.3) is 17.0 Å². The fourth-order valence-corrected chi connectivity index (χ4v) is 2.29. The molecule has 18 heavy (non-hydrogen) atoms. The molecule has 1 unspecified atom stereocenters. The number of halogens is 2. The molecule has 4 nitrogen and oxygen atoms in total. The topological polar surface area (TPSA) is 43.1 Å². The van der Waals surface area contributed by atoms with Crippen LogP contribution in [0.1, 0.15) is 0 Å². The number of fused-ring (bicyclic) bond motifs is 1. The van der Waals surface area contributed by atoms with Crippen LogP contribution < -0.4 is 5.30 Å². The minimum atomic E-state index is -0.294.